The molecule has 3 rings (SSSR count). The van der Waals surface area contributed by atoms with E-state index in [-0.39, 0.29) is 23.7 Å². The van der Waals surface area contributed by atoms with Gasteiger partial charge in [0.25, 0.3) is 5.69 Å². The predicted molar refractivity (Wildman–Crippen MR) is 93.5 cm³/mol. The van der Waals surface area contributed by atoms with Gasteiger partial charge in [0.1, 0.15) is 5.84 Å². The molecule has 0 saturated heterocycles. The fourth-order valence-electron chi connectivity index (χ4n) is 3.33. The topological polar surface area (TPSA) is 102 Å². The van der Waals surface area contributed by atoms with Gasteiger partial charge in [0.2, 0.25) is 0 Å². The van der Waals surface area contributed by atoms with Gasteiger partial charge in [-0.1, -0.05) is 12.1 Å². The Kier molecular flexibility index (Phi) is 4.58. The molecule has 2 aliphatic rings. The number of allylic oxidation sites excluding steroid dienone is 1. The van der Waals surface area contributed by atoms with Crippen LogP contribution in [0.4, 0.5) is 5.69 Å². The molecule has 0 radical (unpaired) electrons. The standard InChI is InChI=1S/C18H19N3O5/c1-4-26-18(23)16-10(2)19-11(3)20(14-9-15(14)22)17(16)12-7-5-6-8-13(12)21(24)25/h5-8,14,17H,4,9H2,1-3H3. The SMILES string of the molecule is CCOC(=O)C1=C(C)N=C(C)N(C2CC2=O)C1c1ccccc1[N+](=O)[O-]. The van der Waals surface area contributed by atoms with Crippen LogP contribution in [-0.2, 0) is 14.3 Å². The highest BCUT2D eigenvalue weighted by atomic mass is 16.6. The van der Waals surface area contributed by atoms with Crippen LogP contribution in [0.5, 0.6) is 0 Å². The molecular formula is C18H19N3O5. The van der Waals surface area contributed by atoms with Gasteiger partial charge in [0.05, 0.1) is 40.4 Å². The van der Waals surface area contributed by atoms with E-state index in [1.165, 1.54) is 6.07 Å². The molecular weight excluding hydrogens is 338 g/mol. The Labute approximate surface area is 150 Å². The van der Waals surface area contributed by atoms with Crippen LogP contribution in [0.3, 0.4) is 0 Å². The summed E-state index contributed by atoms with van der Waals surface area (Å²) in [5.41, 5.74) is 0.897. The summed E-state index contributed by atoms with van der Waals surface area (Å²) in [5.74, 6) is -0.0112. The first-order chi connectivity index (χ1) is 12.4. The number of aliphatic imine (C=N–C) groups is 1. The molecule has 2 unspecified atom stereocenters. The Morgan fingerprint density at radius 1 is 1.38 bits per heavy atom. The first-order valence-electron chi connectivity index (χ1n) is 8.34. The van der Waals surface area contributed by atoms with Crippen molar-refractivity contribution in [3.05, 3.63) is 51.2 Å². The van der Waals surface area contributed by atoms with Crippen LogP contribution in [0, 0.1) is 10.1 Å². The number of para-hydroxylation sites is 1. The van der Waals surface area contributed by atoms with Crippen molar-refractivity contribution in [1.29, 1.82) is 0 Å². The minimum absolute atomic E-state index is 0.0193. The van der Waals surface area contributed by atoms with Crippen molar-refractivity contribution < 1.29 is 19.2 Å². The van der Waals surface area contributed by atoms with Crippen LogP contribution in [0.15, 0.2) is 40.5 Å². The third kappa shape index (κ3) is 2.98. The molecule has 1 aromatic rings. The minimum atomic E-state index is -0.787. The van der Waals surface area contributed by atoms with Gasteiger partial charge in [-0.15, -0.1) is 0 Å². The van der Waals surface area contributed by atoms with Crippen molar-refractivity contribution in [2.24, 2.45) is 4.99 Å². The fourth-order valence-corrected chi connectivity index (χ4v) is 3.33. The van der Waals surface area contributed by atoms with Crippen molar-refractivity contribution in [2.75, 3.05) is 6.61 Å². The summed E-state index contributed by atoms with van der Waals surface area (Å²) >= 11 is 0. The quantitative estimate of drug-likeness (QED) is 0.456. The number of hydrogen-bond donors (Lipinski definition) is 0. The zero-order valence-corrected chi connectivity index (χ0v) is 14.8. The van der Waals surface area contributed by atoms with E-state index in [9.17, 15) is 19.7 Å². The summed E-state index contributed by atoms with van der Waals surface area (Å²) in [7, 11) is 0. The lowest BCUT2D eigenvalue weighted by molar-refractivity contribution is -0.385. The summed E-state index contributed by atoms with van der Waals surface area (Å²) in [4.78, 5) is 41.6. The monoisotopic (exact) mass is 357 g/mol. The Balaban J connectivity index is 2.21. The lowest BCUT2D eigenvalue weighted by Gasteiger charge is -2.37. The highest BCUT2D eigenvalue weighted by molar-refractivity contribution is 6.05. The van der Waals surface area contributed by atoms with E-state index in [0.717, 1.165) is 0 Å². The number of carbonyl (C=O) groups is 2. The van der Waals surface area contributed by atoms with E-state index < -0.39 is 23.0 Å². The lowest BCUT2D eigenvalue weighted by atomic mass is 9.92. The number of amidine groups is 1. The molecule has 8 nitrogen and oxygen atoms in total. The molecule has 1 heterocycles. The number of ether oxygens (including phenoxy) is 1. The number of nitro benzene ring substituents is 1. The lowest BCUT2D eigenvalue weighted by Crippen LogP contribution is -2.42. The molecule has 1 aliphatic heterocycles. The van der Waals surface area contributed by atoms with E-state index in [2.05, 4.69) is 4.99 Å². The predicted octanol–water partition coefficient (Wildman–Crippen LogP) is 2.55. The molecule has 0 bridgehead atoms. The molecule has 0 aromatic heterocycles. The molecule has 1 fully saturated rings. The first-order valence-corrected chi connectivity index (χ1v) is 8.34. The van der Waals surface area contributed by atoms with Gasteiger partial charge >= 0.3 is 5.97 Å². The van der Waals surface area contributed by atoms with Gasteiger partial charge in [-0.2, -0.15) is 0 Å². The average molecular weight is 357 g/mol. The van der Waals surface area contributed by atoms with Gasteiger partial charge < -0.3 is 9.64 Å². The molecule has 2 atom stereocenters. The van der Waals surface area contributed by atoms with Gasteiger partial charge in [-0.3, -0.25) is 14.9 Å². The molecule has 26 heavy (non-hydrogen) atoms. The smallest absolute Gasteiger partial charge is 0.338 e. The highest BCUT2D eigenvalue weighted by Gasteiger charge is 2.49. The zero-order valence-electron chi connectivity index (χ0n) is 14.8. The highest BCUT2D eigenvalue weighted by Crippen LogP contribution is 2.43. The van der Waals surface area contributed by atoms with Gasteiger partial charge in [0, 0.05) is 12.5 Å². The average Bonchev–Trinajstić information content (AvgIpc) is 3.30. The number of Topliss-reactive ketones (excluding diaryl/α,β-unsaturated/α-hetero) is 1. The van der Waals surface area contributed by atoms with E-state index in [4.69, 9.17) is 4.74 Å². The Bertz CT molecular complexity index is 858. The number of ketones is 1. The summed E-state index contributed by atoms with van der Waals surface area (Å²) < 4.78 is 5.17. The number of carbonyl (C=O) groups excluding carboxylic acids is 2. The van der Waals surface area contributed by atoms with Crippen LogP contribution in [0.25, 0.3) is 0 Å². The summed E-state index contributed by atoms with van der Waals surface area (Å²) in [6, 6.07) is 5.02. The maximum Gasteiger partial charge on any atom is 0.338 e. The normalized spacial score (nSPS) is 22.2. The van der Waals surface area contributed by atoms with E-state index in [1.807, 2.05) is 0 Å². The Morgan fingerprint density at radius 3 is 2.62 bits per heavy atom. The van der Waals surface area contributed by atoms with Crippen molar-refractivity contribution >= 4 is 23.3 Å². The maximum absolute atomic E-state index is 12.6. The van der Waals surface area contributed by atoms with Gasteiger partial charge in [-0.25, -0.2) is 9.79 Å². The Hall–Kier alpha value is -3.03. The van der Waals surface area contributed by atoms with Crippen molar-refractivity contribution in [2.45, 2.75) is 39.3 Å². The fraction of sp³-hybridized carbons (Fsp3) is 0.389. The zero-order chi connectivity index (χ0) is 19.0. The maximum atomic E-state index is 12.6. The molecule has 1 aliphatic carbocycles. The molecule has 0 N–H and O–H groups in total. The van der Waals surface area contributed by atoms with Gasteiger partial charge in [-0.05, 0) is 26.8 Å². The molecule has 8 heteroatoms. The second-order valence-electron chi connectivity index (χ2n) is 6.19. The van der Waals surface area contributed by atoms with E-state index in [1.54, 1.807) is 43.9 Å². The molecule has 136 valence electrons. The van der Waals surface area contributed by atoms with Crippen LogP contribution < -0.4 is 0 Å². The van der Waals surface area contributed by atoms with Gasteiger partial charge in [0.15, 0.2) is 5.78 Å². The van der Waals surface area contributed by atoms with Crippen molar-refractivity contribution in [1.82, 2.24) is 4.90 Å². The summed E-state index contributed by atoms with van der Waals surface area (Å²) in [6.45, 7) is 5.26. The number of benzene rings is 1. The number of hydrogen-bond acceptors (Lipinski definition) is 7. The summed E-state index contributed by atoms with van der Waals surface area (Å²) in [5, 5.41) is 11.5. The number of rotatable bonds is 5. The second-order valence-corrected chi connectivity index (χ2v) is 6.19. The van der Waals surface area contributed by atoms with E-state index in [0.29, 0.717) is 23.5 Å². The molecule has 0 amide bonds. The summed E-state index contributed by atoms with van der Waals surface area (Å²) in [6.07, 6.45) is 0.332. The van der Waals surface area contributed by atoms with Crippen LogP contribution in [0.1, 0.15) is 38.8 Å². The third-order valence-electron chi connectivity index (χ3n) is 4.51. The number of nitro groups is 1. The number of nitrogens with zero attached hydrogens (tertiary/aromatic N) is 3. The van der Waals surface area contributed by atoms with Crippen molar-refractivity contribution in [3.8, 4) is 0 Å². The first kappa shape index (κ1) is 17.8. The Morgan fingerprint density at radius 2 is 2.04 bits per heavy atom. The molecule has 1 saturated carbocycles. The largest absolute Gasteiger partial charge is 0.463 e. The minimum Gasteiger partial charge on any atom is -0.463 e. The molecule has 1 aromatic carbocycles. The second kappa shape index (κ2) is 6.70. The van der Waals surface area contributed by atoms with E-state index >= 15 is 0 Å². The molecule has 0 spiro atoms. The van der Waals surface area contributed by atoms with Crippen molar-refractivity contribution in [3.63, 3.8) is 0 Å². The van der Waals surface area contributed by atoms with Crippen LogP contribution >= 0.6 is 0 Å². The number of esters is 1. The van der Waals surface area contributed by atoms with Crippen LogP contribution in [0.2, 0.25) is 0 Å². The van der Waals surface area contributed by atoms with Crippen LogP contribution in [-0.4, -0.2) is 40.1 Å². The third-order valence-corrected chi connectivity index (χ3v) is 4.51.